The third-order valence-corrected chi connectivity index (χ3v) is 3.83. The number of carbonyl (C=O) groups is 1. The Hall–Kier alpha value is -2.95. The van der Waals surface area contributed by atoms with E-state index in [4.69, 9.17) is 4.52 Å². The van der Waals surface area contributed by atoms with Gasteiger partial charge in [-0.05, 0) is 49.2 Å². The van der Waals surface area contributed by atoms with Gasteiger partial charge < -0.3 is 9.84 Å². The number of nitrogens with one attached hydrogen (secondary N) is 1. The highest BCUT2D eigenvalue weighted by atomic mass is 19.1. The van der Waals surface area contributed by atoms with Crippen LogP contribution in [-0.4, -0.2) is 11.1 Å². The Bertz CT molecular complexity index is 887. The Morgan fingerprint density at radius 3 is 2.67 bits per heavy atom. The summed E-state index contributed by atoms with van der Waals surface area (Å²) >= 11 is 0. The summed E-state index contributed by atoms with van der Waals surface area (Å²) in [6.45, 7) is 4.00. The van der Waals surface area contributed by atoms with E-state index >= 15 is 0 Å². The van der Waals surface area contributed by atoms with Gasteiger partial charge in [-0.2, -0.15) is 0 Å². The Morgan fingerprint density at radius 1 is 1.12 bits per heavy atom. The fraction of sp³-hybridized carbons (Fsp3) is 0.158. The number of anilines is 1. The molecule has 1 aromatic heterocycles. The molecule has 0 aliphatic heterocycles. The average molecular weight is 324 g/mol. The number of nitrogens with zero attached hydrogens (tertiary/aromatic N) is 1. The van der Waals surface area contributed by atoms with Crippen LogP contribution in [0.1, 0.15) is 16.8 Å². The van der Waals surface area contributed by atoms with E-state index < -0.39 is 0 Å². The van der Waals surface area contributed by atoms with Gasteiger partial charge in [0.15, 0.2) is 5.76 Å². The minimum atomic E-state index is -0.389. The zero-order valence-corrected chi connectivity index (χ0v) is 13.5. The van der Waals surface area contributed by atoms with Crippen LogP contribution in [0.5, 0.6) is 0 Å². The van der Waals surface area contributed by atoms with Crippen LogP contribution in [0.4, 0.5) is 10.1 Å². The molecule has 0 aliphatic rings. The van der Waals surface area contributed by atoms with Gasteiger partial charge in [0.05, 0.1) is 17.7 Å². The number of benzene rings is 2. The highest BCUT2D eigenvalue weighted by molar-refractivity contribution is 5.92. The maximum atomic E-state index is 13.7. The fourth-order valence-corrected chi connectivity index (χ4v) is 2.37. The van der Waals surface area contributed by atoms with Gasteiger partial charge in [0.1, 0.15) is 5.82 Å². The number of rotatable bonds is 4. The summed E-state index contributed by atoms with van der Waals surface area (Å²) in [5.41, 5.74) is 3.79. The minimum Gasteiger partial charge on any atom is -0.356 e. The van der Waals surface area contributed by atoms with Crippen LogP contribution in [0.25, 0.3) is 11.3 Å². The summed E-state index contributed by atoms with van der Waals surface area (Å²) in [5.74, 6) is -0.284. The van der Waals surface area contributed by atoms with Crippen molar-refractivity contribution in [2.75, 3.05) is 5.32 Å². The van der Waals surface area contributed by atoms with E-state index in [1.165, 1.54) is 11.6 Å². The van der Waals surface area contributed by atoms with Crippen molar-refractivity contribution in [1.82, 2.24) is 5.16 Å². The minimum absolute atomic E-state index is 0.0604. The van der Waals surface area contributed by atoms with E-state index in [1.807, 2.05) is 32.0 Å². The van der Waals surface area contributed by atoms with Crippen LogP contribution in [0.2, 0.25) is 0 Å². The Balaban J connectivity index is 1.69. The molecule has 3 aromatic rings. The summed E-state index contributed by atoms with van der Waals surface area (Å²) in [5, 5.41) is 6.67. The number of aryl methyl sites for hydroxylation is 2. The largest absolute Gasteiger partial charge is 0.356 e. The smallest absolute Gasteiger partial charge is 0.230 e. The second-order valence-electron chi connectivity index (χ2n) is 5.69. The molecule has 0 unspecified atom stereocenters. The van der Waals surface area contributed by atoms with E-state index in [1.54, 1.807) is 24.3 Å². The van der Waals surface area contributed by atoms with E-state index in [2.05, 4.69) is 10.5 Å². The van der Waals surface area contributed by atoms with Crippen LogP contribution in [0.3, 0.4) is 0 Å². The lowest BCUT2D eigenvalue weighted by atomic mass is 10.1. The van der Waals surface area contributed by atoms with Gasteiger partial charge in [-0.3, -0.25) is 4.79 Å². The van der Waals surface area contributed by atoms with Gasteiger partial charge in [0, 0.05) is 11.8 Å². The lowest BCUT2D eigenvalue weighted by molar-refractivity contribution is -0.115. The molecule has 0 fully saturated rings. The topological polar surface area (TPSA) is 55.1 Å². The molecule has 0 saturated carbocycles. The van der Waals surface area contributed by atoms with Gasteiger partial charge in [-0.15, -0.1) is 0 Å². The molecule has 5 heteroatoms. The monoisotopic (exact) mass is 324 g/mol. The van der Waals surface area contributed by atoms with E-state index in [0.717, 1.165) is 11.3 Å². The van der Waals surface area contributed by atoms with Crippen molar-refractivity contribution in [1.29, 1.82) is 0 Å². The fourth-order valence-electron chi connectivity index (χ4n) is 2.37. The summed E-state index contributed by atoms with van der Waals surface area (Å²) in [7, 11) is 0. The van der Waals surface area contributed by atoms with E-state index in [9.17, 15) is 9.18 Å². The number of aromatic nitrogens is 1. The van der Waals surface area contributed by atoms with Crippen LogP contribution >= 0.6 is 0 Å². The first kappa shape index (κ1) is 15.9. The van der Waals surface area contributed by atoms with Gasteiger partial charge in [0.25, 0.3) is 0 Å². The number of hydrogen-bond acceptors (Lipinski definition) is 3. The Morgan fingerprint density at radius 2 is 1.92 bits per heavy atom. The van der Waals surface area contributed by atoms with Gasteiger partial charge in [-0.1, -0.05) is 23.4 Å². The normalized spacial score (nSPS) is 10.6. The quantitative estimate of drug-likeness (QED) is 0.779. The maximum Gasteiger partial charge on any atom is 0.230 e. The Labute approximate surface area is 139 Å². The molecule has 1 N–H and O–H groups in total. The molecule has 4 nitrogen and oxygen atoms in total. The second kappa shape index (κ2) is 6.66. The van der Waals surface area contributed by atoms with Crippen molar-refractivity contribution in [2.24, 2.45) is 0 Å². The lowest BCUT2D eigenvalue weighted by Crippen LogP contribution is -2.14. The lowest BCUT2D eigenvalue weighted by Gasteiger charge is -2.06. The first-order valence-corrected chi connectivity index (χ1v) is 7.60. The first-order chi connectivity index (χ1) is 11.5. The molecule has 24 heavy (non-hydrogen) atoms. The zero-order valence-electron chi connectivity index (χ0n) is 13.5. The first-order valence-electron chi connectivity index (χ1n) is 7.60. The van der Waals surface area contributed by atoms with Crippen LogP contribution < -0.4 is 5.32 Å². The number of amides is 1. The molecular formula is C19H17FN2O2. The van der Waals surface area contributed by atoms with Crippen molar-refractivity contribution in [3.05, 3.63) is 71.2 Å². The van der Waals surface area contributed by atoms with Crippen molar-refractivity contribution in [3.63, 3.8) is 0 Å². The molecule has 122 valence electrons. The third-order valence-electron chi connectivity index (χ3n) is 3.83. The Kier molecular flexibility index (Phi) is 4.42. The molecule has 1 amide bonds. The summed E-state index contributed by atoms with van der Waals surface area (Å²) in [6.07, 6.45) is 0.0604. The molecule has 0 saturated heterocycles. The number of carbonyl (C=O) groups excluding carboxylic acids is 1. The maximum absolute atomic E-state index is 13.7. The predicted molar refractivity (Wildman–Crippen MR) is 90.1 cm³/mol. The van der Waals surface area contributed by atoms with Crippen LogP contribution in [-0.2, 0) is 11.2 Å². The second-order valence-corrected chi connectivity index (χ2v) is 5.69. The van der Waals surface area contributed by atoms with Crippen LogP contribution in [0.15, 0.2) is 53.1 Å². The standard InChI is InChI=1S/C19H17FN2O2/c1-12-7-8-14(9-13(12)2)21-19(23)11-15-10-18(24-22-15)16-5-3-4-6-17(16)20/h3-10H,11H2,1-2H3,(H,21,23). The highest BCUT2D eigenvalue weighted by Gasteiger charge is 2.13. The van der Waals surface area contributed by atoms with E-state index in [-0.39, 0.29) is 18.1 Å². The molecule has 2 aromatic carbocycles. The average Bonchev–Trinajstić information content (AvgIpc) is 2.99. The van der Waals surface area contributed by atoms with Crippen molar-refractivity contribution < 1.29 is 13.7 Å². The summed E-state index contributed by atoms with van der Waals surface area (Å²) in [4.78, 5) is 12.1. The molecular weight excluding hydrogens is 307 g/mol. The molecule has 3 rings (SSSR count). The van der Waals surface area contributed by atoms with E-state index in [0.29, 0.717) is 17.0 Å². The van der Waals surface area contributed by atoms with Crippen molar-refractivity contribution in [3.8, 4) is 11.3 Å². The van der Waals surface area contributed by atoms with Crippen LogP contribution in [0, 0.1) is 19.7 Å². The molecule has 0 bridgehead atoms. The van der Waals surface area contributed by atoms with Crippen molar-refractivity contribution >= 4 is 11.6 Å². The van der Waals surface area contributed by atoms with Gasteiger partial charge in [-0.25, -0.2) is 4.39 Å². The van der Waals surface area contributed by atoms with Gasteiger partial charge in [0.2, 0.25) is 5.91 Å². The molecule has 0 radical (unpaired) electrons. The summed E-state index contributed by atoms with van der Waals surface area (Å²) in [6, 6.07) is 13.6. The predicted octanol–water partition coefficient (Wildman–Crippen LogP) is 4.28. The molecule has 0 aliphatic carbocycles. The number of hydrogen-bond donors (Lipinski definition) is 1. The molecule has 0 atom stereocenters. The van der Waals surface area contributed by atoms with Crippen molar-refractivity contribution in [2.45, 2.75) is 20.3 Å². The SMILES string of the molecule is Cc1ccc(NC(=O)Cc2cc(-c3ccccc3F)on2)cc1C. The molecule has 1 heterocycles. The zero-order chi connectivity index (χ0) is 17.1. The summed E-state index contributed by atoms with van der Waals surface area (Å²) < 4.78 is 18.9. The number of halogens is 1. The van der Waals surface area contributed by atoms with Gasteiger partial charge >= 0.3 is 0 Å². The molecule has 0 spiro atoms. The highest BCUT2D eigenvalue weighted by Crippen LogP contribution is 2.23. The third kappa shape index (κ3) is 3.51.